The number of fused-ring (bicyclic) bond motifs is 1. The first kappa shape index (κ1) is 13.8. The molecule has 1 aromatic carbocycles. The normalized spacial score (nSPS) is 10.8. The molecule has 0 aliphatic heterocycles. The number of nitrogens with one attached hydrogen (secondary N) is 3. The number of nitrogens with zero attached hydrogens (tertiary/aromatic N) is 1. The second-order valence-electron chi connectivity index (χ2n) is 4.27. The molecule has 6 nitrogen and oxygen atoms in total. The summed E-state index contributed by atoms with van der Waals surface area (Å²) in [4.78, 5) is 32.6. The van der Waals surface area contributed by atoms with E-state index in [0.29, 0.717) is 26.8 Å². The van der Waals surface area contributed by atoms with Crippen LogP contribution in [0.5, 0.6) is 0 Å². The first-order valence-electron chi connectivity index (χ1n) is 5.87. The molecule has 1 amide bonds. The van der Waals surface area contributed by atoms with E-state index in [-0.39, 0.29) is 16.6 Å². The number of anilines is 1. The number of halogens is 2. The number of hydrogen-bond donors (Lipinski definition) is 3. The number of hydrogen-bond acceptors (Lipinski definition) is 3. The Morgan fingerprint density at radius 1 is 1.29 bits per heavy atom. The van der Waals surface area contributed by atoms with Gasteiger partial charge in [-0.3, -0.25) is 9.78 Å². The first-order chi connectivity index (χ1) is 10.0. The molecule has 3 aromatic rings. The van der Waals surface area contributed by atoms with Crippen molar-refractivity contribution < 1.29 is 4.79 Å². The number of carbonyl (C=O) groups is 1. The number of carbonyl (C=O) groups excluding carboxylic acids is 1. The van der Waals surface area contributed by atoms with Gasteiger partial charge in [0.25, 0.3) is 5.91 Å². The zero-order valence-electron chi connectivity index (χ0n) is 10.4. The maximum atomic E-state index is 12.2. The number of aromatic amines is 2. The molecule has 0 aliphatic rings. The van der Waals surface area contributed by atoms with Crippen molar-refractivity contribution in [3.63, 3.8) is 0 Å². The topological polar surface area (TPSA) is 90.6 Å². The van der Waals surface area contributed by atoms with Gasteiger partial charge in [0.15, 0.2) is 0 Å². The van der Waals surface area contributed by atoms with Gasteiger partial charge in [-0.25, -0.2) is 4.79 Å². The highest BCUT2D eigenvalue weighted by atomic mass is 79.9. The third-order valence-corrected chi connectivity index (χ3v) is 3.83. The lowest BCUT2D eigenvalue weighted by Gasteiger charge is -2.08. The number of amides is 1. The van der Waals surface area contributed by atoms with Crippen LogP contribution in [0.2, 0.25) is 5.02 Å². The molecule has 2 heterocycles. The fourth-order valence-corrected chi connectivity index (χ4v) is 2.55. The molecule has 0 unspecified atom stereocenters. The average molecular weight is 368 g/mol. The molecule has 3 rings (SSSR count). The van der Waals surface area contributed by atoms with Crippen LogP contribution < -0.4 is 11.0 Å². The van der Waals surface area contributed by atoms with Gasteiger partial charge in [-0.1, -0.05) is 11.6 Å². The Morgan fingerprint density at radius 2 is 2.00 bits per heavy atom. The third-order valence-electron chi connectivity index (χ3n) is 2.87. The summed E-state index contributed by atoms with van der Waals surface area (Å²) in [6.07, 6.45) is 2.89. The van der Waals surface area contributed by atoms with Crippen molar-refractivity contribution in [2.24, 2.45) is 0 Å². The smallest absolute Gasteiger partial charge is 0.321 e. The summed E-state index contributed by atoms with van der Waals surface area (Å²) in [6, 6.07) is 4.89. The van der Waals surface area contributed by atoms with Gasteiger partial charge in [0, 0.05) is 16.9 Å². The van der Waals surface area contributed by atoms with Crippen LogP contribution in [0.15, 0.2) is 39.9 Å². The van der Waals surface area contributed by atoms with E-state index in [4.69, 9.17) is 11.6 Å². The van der Waals surface area contributed by atoms with E-state index in [9.17, 15) is 9.59 Å². The van der Waals surface area contributed by atoms with Crippen LogP contribution in [0.4, 0.5) is 5.69 Å². The van der Waals surface area contributed by atoms with Gasteiger partial charge in [-0.05, 0) is 34.1 Å². The fourth-order valence-electron chi connectivity index (χ4n) is 1.90. The maximum Gasteiger partial charge on any atom is 0.323 e. The average Bonchev–Trinajstić information content (AvgIpc) is 2.78. The van der Waals surface area contributed by atoms with E-state index in [1.165, 1.54) is 18.5 Å². The summed E-state index contributed by atoms with van der Waals surface area (Å²) < 4.78 is 0.642. The minimum atomic E-state index is -0.361. The highest BCUT2D eigenvalue weighted by Crippen LogP contribution is 2.27. The quantitative estimate of drug-likeness (QED) is 0.650. The maximum absolute atomic E-state index is 12.2. The Labute approximate surface area is 131 Å². The molecular weight excluding hydrogens is 360 g/mol. The highest BCUT2D eigenvalue weighted by molar-refractivity contribution is 9.10. The number of rotatable bonds is 2. The van der Waals surface area contributed by atoms with Gasteiger partial charge < -0.3 is 15.3 Å². The molecular formula is C13H8BrClN4O2. The highest BCUT2D eigenvalue weighted by Gasteiger charge is 2.13. The second-order valence-corrected chi connectivity index (χ2v) is 5.53. The molecule has 2 aromatic heterocycles. The molecule has 106 valence electrons. The molecule has 21 heavy (non-hydrogen) atoms. The fraction of sp³-hybridized carbons (Fsp3) is 0. The molecule has 0 atom stereocenters. The van der Waals surface area contributed by atoms with E-state index in [2.05, 4.69) is 36.2 Å². The van der Waals surface area contributed by atoms with Crippen LogP contribution in [0, 0.1) is 0 Å². The van der Waals surface area contributed by atoms with Gasteiger partial charge in [-0.2, -0.15) is 0 Å². The Morgan fingerprint density at radius 3 is 2.71 bits per heavy atom. The summed E-state index contributed by atoms with van der Waals surface area (Å²) in [5.41, 5.74) is 1.78. The molecule has 0 aliphatic carbocycles. The predicted octanol–water partition coefficient (Wildman–Crippen LogP) is 2.92. The number of H-pyrrole nitrogens is 2. The predicted molar refractivity (Wildman–Crippen MR) is 83.8 cm³/mol. The van der Waals surface area contributed by atoms with Gasteiger partial charge in [-0.15, -0.1) is 0 Å². The lowest BCUT2D eigenvalue weighted by Crippen LogP contribution is -2.13. The van der Waals surface area contributed by atoms with Crippen molar-refractivity contribution in [3.05, 3.63) is 56.1 Å². The van der Waals surface area contributed by atoms with Crippen molar-refractivity contribution >= 4 is 50.2 Å². The Kier molecular flexibility index (Phi) is 3.52. The van der Waals surface area contributed by atoms with Crippen LogP contribution in [0.3, 0.4) is 0 Å². The minimum Gasteiger partial charge on any atom is -0.321 e. The number of benzene rings is 1. The van der Waals surface area contributed by atoms with Crippen LogP contribution in [0.25, 0.3) is 11.0 Å². The van der Waals surface area contributed by atoms with Crippen molar-refractivity contribution in [3.8, 4) is 0 Å². The lowest BCUT2D eigenvalue weighted by molar-refractivity contribution is 0.102. The third kappa shape index (κ3) is 2.70. The van der Waals surface area contributed by atoms with Crippen LogP contribution >= 0.6 is 27.5 Å². The molecule has 8 heteroatoms. The van der Waals surface area contributed by atoms with Gasteiger partial charge in [0.2, 0.25) is 0 Å². The Bertz CT molecular complexity index is 903. The van der Waals surface area contributed by atoms with E-state index >= 15 is 0 Å². The summed E-state index contributed by atoms with van der Waals surface area (Å²) in [5.74, 6) is -0.361. The number of imidazole rings is 1. The van der Waals surface area contributed by atoms with E-state index in [1.807, 2.05) is 0 Å². The zero-order chi connectivity index (χ0) is 15.0. The second kappa shape index (κ2) is 5.34. The van der Waals surface area contributed by atoms with Gasteiger partial charge >= 0.3 is 5.69 Å². The molecule has 0 fully saturated rings. The van der Waals surface area contributed by atoms with Crippen LogP contribution in [-0.2, 0) is 0 Å². The summed E-state index contributed by atoms with van der Waals surface area (Å²) in [6.45, 7) is 0. The van der Waals surface area contributed by atoms with Crippen molar-refractivity contribution in [1.29, 1.82) is 0 Å². The standard InChI is InChI=1S/C13H8BrClN4O2/c14-7-3-10-11(19-13(21)18-10)4-9(7)17-12(20)6-1-2-16-5-8(6)15/h1-5H,(H,17,20)(H2,18,19,21). The largest absolute Gasteiger partial charge is 0.323 e. The first-order valence-corrected chi connectivity index (χ1v) is 7.04. The molecule has 3 N–H and O–H groups in total. The van der Waals surface area contributed by atoms with Gasteiger partial charge in [0.1, 0.15) is 0 Å². The SMILES string of the molecule is O=C(Nc1cc2[nH]c(=O)[nH]c2cc1Br)c1ccncc1Cl. The molecule has 0 saturated heterocycles. The van der Waals surface area contributed by atoms with Crippen molar-refractivity contribution in [1.82, 2.24) is 15.0 Å². The van der Waals surface area contributed by atoms with Crippen LogP contribution in [-0.4, -0.2) is 20.9 Å². The summed E-state index contributed by atoms with van der Waals surface area (Å²) in [7, 11) is 0. The monoisotopic (exact) mass is 366 g/mol. The molecule has 0 spiro atoms. The minimum absolute atomic E-state index is 0.266. The van der Waals surface area contributed by atoms with E-state index in [0.717, 1.165) is 0 Å². The Hall–Kier alpha value is -2.12. The zero-order valence-corrected chi connectivity index (χ0v) is 12.7. The summed E-state index contributed by atoms with van der Waals surface area (Å²) in [5, 5.41) is 3.00. The number of aromatic nitrogens is 3. The van der Waals surface area contributed by atoms with E-state index in [1.54, 1.807) is 12.1 Å². The molecule has 0 radical (unpaired) electrons. The molecule has 0 saturated carbocycles. The van der Waals surface area contributed by atoms with Crippen molar-refractivity contribution in [2.75, 3.05) is 5.32 Å². The lowest BCUT2D eigenvalue weighted by atomic mass is 10.2. The molecule has 0 bridgehead atoms. The Balaban J connectivity index is 1.98. The number of pyridine rings is 1. The van der Waals surface area contributed by atoms with E-state index < -0.39 is 0 Å². The van der Waals surface area contributed by atoms with Crippen LogP contribution in [0.1, 0.15) is 10.4 Å². The van der Waals surface area contributed by atoms with Gasteiger partial charge in [0.05, 0.1) is 27.3 Å². The van der Waals surface area contributed by atoms with Crippen molar-refractivity contribution in [2.45, 2.75) is 0 Å². The summed E-state index contributed by atoms with van der Waals surface area (Å²) >= 11 is 9.29.